The van der Waals surface area contributed by atoms with Gasteiger partial charge in [0.25, 0.3) is 0 Å². The van der Waals surface area contributed by atoms with Crippen LogP contribution in [0.2, 0.25) is 0 Å². The third kappa shape index (κ3) is 1.67. The summed E-state index contributed by atoms with van der Waals surface area (Å²) in [4.78, 5) is 28.9. The maximum atomic E-state index is 12.8. The predicted octanol–water partition coefficient (Wildman–Crippen LogP) is 2.00. The highest BCUT2D eigenvalue weighted by Gasteiger charge is 2.54. The molecule has 4 nitrogen and oxygen atoms in total. The Morgan fingerprint density at radius 2 is 1.75 bits per heavy atom. The Labute approximate surface area is 119 Å². The Bertz CT molecular complexity index is 588. The van der Waals surface area contributed by atoms with Crippen LogP contribution >= 0.6 is 0 Å². The number of anilines is 1. The summed E-state index contributed by atoms with van der Waals surface area (Å²) in [6, 6.07) is 7.90. The Balaban J connectivity index is 2.12. The largest absolute Gasteiger partial charge is 0.374 e. The molecule has 106 valence electrons. The highest BCUT2D eigenvalue weighted by molar-refractivity contribution is 6.09. The number of carbonyl (C=O) groups is 2. The average Bonchev–Trinajstić information content (AvgIpc) is 2.61. The number of carbonyl (C=O) groups excluding carboxylic acids is 2. The zero-order valence-corrected chi connectivity index (χ0v) is 12.4. The molecule has 20 heavy (non-hydrogen) atoms. The van der Waals surface area contributed by atoms with Gasteiger partial charge in [0.1, 0.15) is 0 Å². The number of likely N-dealkylation sites (tertiary alicyclic amines) is 1. The Hall–Kier alpha value is -1.84. The van der Waals surface area contributed by atoms with Crippen LogP contribution in [0.25, 0.3) is 0 Å². The first-order chi connectivity index (χ1) is 9.32. The van der Waals surface area contributed by atoms with Crippen LogP contribution in [0, 0.1) is 5.92 Å². The van der Waals surface area contributed by atoms with Crippen LogP contribution in [0.5, 0.6) is 0 Å². The number of hydrogen-bond donors (Lipinski definition) is 0. The van der Waals surface area contributed by atoms with Gasteiger partial charge in [0.2, 0.25) is 11.8 Å². The Kier molecular flexibility index (Phi) is 2.68. The molecule has 2 heterocycles. The minimum Gasteiger partial charge on any atom is -0.374 e. The zero-order valence-electron chi connectivity index (χ0n) is 12.4. The molecule has 2 amide bonds. The second kappa shape index (κ2) is 4.08. The van der Waals surface area contributed by atoms with E-state index in [1.165, 1.54) is 4.90 Å². The molecule has 2 aliphatic rings. The molecule has 4 heteroatoms. The van der Waals surface area contributed by atoms with Crippen LogP contribution in [-0.2, 0) is 9.59 Å². The summed E-state index contributed by atoms with van der Waals surface area (Å²) in [5, 5.41) is 0. The fraction of sp³-hybridized carbons (Fsp3) is 0.500. The number of nitrogens with zero attached hydrogens (tertiary/aromatic N) is 2. The monoisotopic (exact) mass is 272 g/mol. The third-order valence-corrected chi connectivity index (χ3v) is 4.25. The topological polar surface area (TPSA) is 40.6 Å². The molecule has 0 spiro atoms. The minimum absolute atomic E-state index is 0.0335. The van der Waals surface area contributed by atoms with Gasteiger partial charge < -0.3 is 4.90 Å². The van der Waals surface area contributed by atoms with Crippen LogP contribution < -0.4 is 4.90 Å². The highest BCUT2D eigenvalue weighted by Crippen LogP contribution is 2.45. The summed E-state index contributed by atoms with van der Waals surface area (Å²) in [6.07, 6.45) is 0. The van der Waals surface area contributed by atoms with E-state index in [2.05, 4.69) is 4.90 Å². The number of fused-ring (bicyclic) bond motifs is 3. The molecule has 1 aromatic rings. The molecule has 1 fully saturated rings. The molecule has 0 saturated carbocycles. The first kappa shape index (κ1) is 13.2. The van der Waals surface area contributed by atoms with Gasteiger partial charge in [-0.05, 0) is 32.4 Å². The molecule has 0 aromatic heterocycles. The Morgan fingerprint density at radius 3 is 2.40 bits per heavy atom. The second-order valence-corrected chi connectivity index (χ2v) is 6.71. The van der Waals surface area contributed by atoms with E-state index in [0.29, 0.717) is 6.54 Å². The summed E-state index contributed by atoms with van der Waals surface area (Å²) in [6.45, 7) is 6.35. The SMILES string of the molecule is CN1C[C@H]2C(=O)N(C(C)(C)C)C(=O)[C@H]2c2ccccc21. The van der Waals surface area contributed by atoms with Gasteiger partial charge in [-0.3, -0.25) is 14.5 Å². The molecule has 1 aromatic carbocycles. The highest BCUT2D eigenvalue weighted by atomic mass is 16.2. The quantitative estimate of drug-likeness (QED) is 0.678. The molecule has 2 atom stereocenters. The van der Waals surface area contributed by atoms with Gasteiger partial charge in [-0.2, -0.15) is 0 Å². The molecule has 0 bridgehead atoms. The number of rotatable bonds is 0. The molecule has 0 aliphatic carbocycles. The minimum atomic E-state index is -0.459. The smallest absolute Gasteiger partial charge is 0.238 e. The van der Waals surface area contributed by atoms with Crippen molar-refractivity contribution in [1.82, 2.24) is 4.90 Å². The normalized spacial score (nSPS) is 25.8. The lowest BCUT2D eigenvalue weighted by Gasteiger charge is -2.33. The van der Waals surface area contributed by atoms with Gasteiger partial charge >= 0.3 is 0 Å². The second-order valence-electron chi connectivity index (χ2n) is 6.71. The average molecular weight is 272 g/mol. The maximum absolute atomic E-state index is 12.8. The van der Waals surface area contributed by atoms with Crippen LogP contribution in [-0.4, -0.2) is 35.8 Å². The van der Waals surface area contributed by atoms with Crippen molar-refractivity contribution < 1.29 is 9.59 Å². The molecule has 0 N–H and O–H groups in total. The fourth-order valence-corrected chi connectivity index (χ4v) is 3.41. The summed E-state index contributed by atoms with van der Waals surface area (Å²) in [5.74, 6) is -0.641. The Morgan fingerprint density at radius 1 is 1.10 bits per heavy atom. The summed E-state index contributed by atoms with van der Waals surface area (Å²) in [7, 11) is 1.98. The van der Waals surface area contributed by atoms with Crippen LogP contribution in [0.4, 0.5) is 5.69 Å². The molecule has 1 saturated heterocycles. The molecule has 3 rings (SSSR count). The molecule has 0 radical (unpaired) electrons. The summed E-state index contributed by atoms with van der Waals surface area (Å²) in [5.41, 5.74) is 1.58. The number of amides is 2. The van der Waals surface area contributed by atoms with Gasteiger partial charge in [-0.25, -0.2) is 0 Å². The van der Waals surface area contributed by atoms with Crippen LogP contribution in [0.3, 0.4) is 0 Å². The van der Waals surface area contributed by atoms with Crippen molar-refractivity contribution in [2.45, 2.75) is 32.2 Å². The van der Waals surface area contributed by atoms with Crippen LogP contribution in [0.1, 0.15) is 32.3 Å². The van der Waals surface area contributed by atoms with Crippen molar-refractivity contribution in [1.29, 1.82) is 0 Å². The van der Waals surface area contributed by atoms with Crippen molar-refractivity contribution in [2.75, 3.05) is 18.5 Å². The van der Waals surface area contributed by atoms with Crippen molar-refractivity contribution in [2.24, 2.45) is 5.92 Å². The number of benzene rings is 1. The first-order valence-electron chi connectivity index (χ1n) is 7.00. The predicted molar refractivity (Wildman–Crippen MR) is 77.5 cm³/mol. The van der Waals surface area contributed by atoms with E-state index in [0.717, 1.165) is 11.3 Å². The van der Waals surface area contributed by atoms with Gasteiger partial charge in [-0.15, -0.1) is 0 Å². The molecular formula is C16H20N2O2. The van der Waals surface area contributed by atoms with E-state index in [-0.39, 0.29) is 23.7 Å². The van der Waals surface area contributed by atoms with E-state index in [9.17, 15) is 9.59 Å². The van der Waals surface area contributed by atoms with E-state index in [1.54, 1.807) is 0 Å². The lowest BCUT2D eigenvalue weighted by Crippen LogP contribution is -2.46. The standard InChI is InChI=1S/C16H20N2O2/c1-16(2,3)18-14(19)11-9-17(4)12-8-6-5-7-10(12)13(11)15(18)20/h5-8,11,13H,9H2,1-4H3/t11-,13+/m1/s1. The van der Waals surface area contributed by atoms with Crippen molar-refractivity contribution in [3.63, 3.8) is 0 Å². The maximum Gasteiger partial charge on any atom is 0.238 e. The van der Waals surface area contributed by atoms with E-state index in [4.69, 9.17) is 0 Å². The zero-order chi connectivity index (χ0) is 14.7. The number of imide groups is 1. The van der Waals surface area contributed by atoms with E-state index < -0.39 is 5.54 Å². The first-order valence-corrected chi connectivity index (χ1v) is 7.00. The van der Waals surface area contributed by atoms with Crippen molar-refractivity contribution in [3.05, 3.63) is 29.8 Å². The van der Waals surface area contributed by atoms with E-state index >= 15 is 0 Å². The fourth-order valence-electron chi connectivity index (χ4n) is 3.41. The van der Waals surface area contributed by atoms with Gasteiger partial charge in [-0.1, -0.05) is 18.2 Å². The number of para-hydroxylation sites is 1. The van der Waals surface area contributed by atoms with Crippen molar-refractivity contribution >= 4 is 17.5 Å². The van der Waals surface area contributed by atoms with Gasteiger partial charge in [0.05, 0.1) is 11.8 Å². The van der Waals surface area contributed by atoms with Gasteiger partial charge in [0.15, 0.2) is 0 Å². The molecule has 2 aliphatic heterocycles. The van der Waals surface area contributed by atoms with Crippen molar-refractivity contribution in [3.8, 4) is 0 Å². The summed E-state index contributed by atoms with van der Waals surface area (Å²) >= 11 is 0. The third-order valence-electron chi connectivity index (χ3n) is 4.25. The van der Waals surface area contributed by atoms with Gasteiger partial charge in [0, 0.05) is 24.8 Å². The molecular weight excluding hydrogens is 252 g/mol. The molecule has 0 unspecified atom stereocenters. The summed E-state index contributed by atoms with van der Waals surface area (Å²) < 4.78 is 0. The van der Waals surface area contributed by atoms with Crippen LogP contribution in [0.15, 0.2) is 24.3 Å². The lowest BCUT2D eigenvalue weighted by atomic mass is 9.83. The van der Waals surface area contributed by atoms with E-state index in [1.807, 2.05) is 52.1 Å². The lowest BCUT2D eigenvalue weighted by molar-refractivity contribution is -0.144. The number of hydrogen-bond acceptors (Lipinski definition) is 3.